The molecule has 0 aromatic heterocycles. The van der Waals surface area contributed by atoms with Crippen LogP contribution in [-0.2, 0) is 6.54 Å². The highest BCUT2D eigenvalue weighted by atomic mass is 35.5. The van der Waals surface area contributed by atoms with E-state index in [2.05, 4.69) is 70.4 Å². The van der Waals surface area contributed by atoms with Crippen LogP contribution in [0.5, 0.6) is 0 Å². The SMILES string of the molecule is C=C(NN1CCN(Cc2ccccc2Cl)CC1)c1ccc2ccccc2c1. The second kappa shape index (κ2) is 8.13. The Labute approximate surface area is 165 Å². The van der Waals surface area contributed by atoms with E-state index in [4.69, 9.17) is 11.6 Å². The van der Waals surface area contributed by atoms with Crippen LogP contribution in [0.15, 0.2) is 73.3 Å². The fraction of sp³-hybridized carbons (Fsp3) is 0.217. The molecule has 1 fully saturated rings. The van der Waals surface area contributed by atoms with E-state index in [1.807, 2.05) is 18.2 Å². The molecule has 1 heterocycles. The Hall–Kier alpha value is -2.33. The predicted octanol–water partition coefficient (Wildman–Crippen LogP) is 4.79. The first kappa shape index (κ1) is 18.1. The Balaban J connectivity index is 1.33. The van der Waals surface area contributed by atoms with Crippen molar-refractivity contribution in [3.05, 3.63) is 89.5 Å². The number of rotatable bonds is 5. The van der Waals surface area contributed by atoms with Crippen LogP contribution in [0.4, 0.5) is 0 Å². The summed E-state index contributed by atoms with van der Waals surface area (Å²) in [6, 6.07) is 23.0. The lowest BCUT2D eigenvalue weighted by Gasteiger charge is -2.35. The standard InChI is InChI=1S/C23H24ClN3/c1-18(20-11-10-19-6-2-3-7-21(19)16-20)25-27-14-12-26(13-15-27)17-22-8-4-5-9-23(22)24/h2-11,16,25H,1,12-15,17H2. The van der Waals surface area contributed by atoms with Gasteiger partial charge in [-0.2, -0.15) is 0 Å². The summed E-state index contributed by atoms with van der Waals surface area (Å²) >= 11 is 6.29. The molecule has 0 spiro atoms. The van der Waals surface area contributed by atoms with Gasteiger partial charge >= 0.3 is 0 Å². The second-order valence-electron chi connectivity index (χ2n) is 7.01. The molecule has 0 radical (unpaired) electrons. The van der Waals surface area contributed by atoms with Crippen molar-refractivity contribution in [2.75, 3.05) is 26.2 Å². The van der Waals surface area contributed by atoms with Gasteiger partial charge in [0.1, 0.15) is 0 Å². The van der Waals surface area contributed by atoms with E-state index >= 15 is 0 Å². The van der Waals surface area contributed by atoms with Crippen LogP contribution in [0.3, 0.4) is 0 Å². The fourth-order valence-electron chi connectivity index (χ4n) is 3.52. The molecule has 1 aliphatic rings. The molecule has 0 aliphatic carbocycles. The third kappa shape index (κ3) is 4.33. The quantitative estimate of drug-likeness (QED) is 0.689. The van der Waals surface area contributed by atoms with E-state index in [1.165, 1.54) is 16.3 Å². The van der Waals surface area contributed by atoms with E-state index < -0.39 is 0 Å². The molecule has 138 valence electrons. The van der Waals surface area contributed by atoms with Gasteiger partial charge in [-0.15, -0.1) is 0 Å². The third-order valence-electron chi connectivity index (χ3n) is 5.12. The van der Waals surface area contributed by atoms with Crippen LogP contribution in [-0.4, -0.2) is 36.1 Å². The van der Waals surface area contributed by atoms with Gasteiger partial charge in [-0.3, -0.25) is 4.90 Å². The van der Waals surface area contributed by atoms with Crippen LogP contribution < -0.4 is 5.43 Å². The highest BCUT2D eigenvalue weighted by Crippen LogP contribution is 2.20. The normalized spacial score (nSPS) is 15.7. The molecular formula is C23H24ClN3. The topological polar surface area (TPSA) is 18.5 Å². The summed E-state index contributed by atoms with van der Waals surface area (Å²) < 4.78 is 0. The van der Waals surface area contributed by atoms with Gasteiger partial charge in [-0.05, 0) is 34.0 Å². The maximum absolute atomic E-state index is 6.29. The zero-order valence-corrected chi connectivity index (χ0v) is 16.1. The maximum atomic E-state index is 6.29. The van der Waals surface area contributed by atoms with Crippen molar-refractivity contribution < 1.29 is 0 Å². The van der Waals surface area contributed by atoms with Crippen LogP contribution >= 0.6 is 11.6 Å². The summed E-state index contributed by atoms with van der Waals surface area (Å²) in [5, 5.41) is 5.59. The summed E-state index contributed by atoms with van der Waals surface area (Å²) in [5.41, 5.74) is 6.75. The molecule has 4 heteroatoms. The molecule has 0 amide bonds. The zero-order valence-electron chi connectivity index (χ0n) is 15.4. The molecule has 0 bridgehead atoms. The first-order valence-electron chi connectivity index (χ1n) is 9.34. The van der Waals surface area contributed by atoms with E-state index in [-0.39, 0.29) is 0 Å². The summed E-state index contributed by atoms with van der Waals surface area (Å²) in [4.78, 5) is 2.44. The minimum Gasteiger partial charge on any atom is -0.319 e. The maximum Gasteiger partial charge on any atom is 0.0490 e. The summed E-state index contributed by atoms with van der Waals surface area (Å²) in [7, 11) is 0. The Kier molecular flexibility index (Phi) is 5.44. The molecule has 3 aromatic rings. The van der Waals surface area contributed by atoms with E-state index in [9.17, 15) is 0 Å². The number of piperazine rings is 1. The van der Waals surface area contributed by atoms with Crippen molar-refractivity contribution in [1.82, 2.24) is 15.3 Å². The van der Waals surface area contributed by atoms with Crippen molar-refractivity contribution in [1.29, 1.82) is 0 Å². The molecule has 3 aromatic carbocycles. The van der Waals surface area contributed by atoms with E-state index in [1.54, 1.807) is 0 Å². The molecule has 1 N–H and O–H groups in total. The zero-order chi connectivity index (χ0) is 18.6. The van der Waals surface area contributed by atoms with Gasteiger partial charge in [0.2, 0.25) is 0 Å². The van der Waals surface area contributed by atoms with Gasteiger partial charge in [0.05, 0.1) is 0 Å². The number of hydrazine groups is 1. The fourth-order valence-corrected chi connectivity index (χ4v) is 3.71. The van der Waals surface area contributed by atoms with Crippen molar-refractivity contribution in [3.63, 3.8) is 0 Å². The van der Waals surface area contributed by atoms with Gasteiger partial charge in [-0.25, -0.2) is 5.01 Å². The lowest BCUT2D eigenvalue weighted by atomic mass is 10.1. The number of benzene rings is 3. The average molecular weight is 378 g/mol. The van der Waals surface area contributed by atoms with E-state index in [0.29, 0.717) is 0 Å². The first-order valence-corrected chi connectivity index (χ1v) is 9.72. The molecule has 0 atom stereocenters. The van der Waals surface area contributed by atoms with Crippen molar-refractivity contribution in [2.45, 2.75) is 6.54 Å². The van der Waals surface area contributed by atoms with Gasteiger partial charge in [-0.1, -0.05) is 72.8 Å². The predicted molar refractivity (Wildman–Crippen MR) is 114 cm³/mol. The smallest absolute Gasteiger partial charge is 0.0490 e. The minimum atomic E-state index is 0.850. The number of hydrogen-bond acceptors (Lipinski definition) is 3. The summed E-state index contributed by atoms with van der Waals surface area (Å²) in [6.45, 7) is 9.06. The van der Waals surface area contributed by atoms with Crippen LogP contribution in [0.2, 0.25) is 5.02 Å². The van der Waals surface area contributed by atoms with Crippen molar-refractivity contribution in [3.8, 4) is 0 Å². The van der Waals surface area contributed by atoms with Crippen molar-refractivity contribution in [2.24, 2.45) is 0 Å². The summed E-state index contributed by atoms with van der Waals surface area (Å²) in [5.74, 6) is 0. The molecular weight excluding hydrogens is 354 g/mol. The molecule has 1 saturated heterocycles. The number of nitrogens with zero attached hydrogens (tertiary/aromatic N) is 2. The number of nitrogens with one attached hydrogen (secondary N) is 1. The second-order valence-corrected chi connectivity index (χ2v) is 7.41. The van der Waals surface area contributed by atoms with Crippen molar-refractivity contribution >= 4 is 28.1 Å². The van der Waals surface area contributed by atoms with Crippen LogP contribution in [0.25, 0.3) is 16.5 Å². The lowest BCUT2D eigenvalue weighted by molar-refractivity contribution is 0.104. The first-order chi connectivity index (χ1) is 13.2. The largest absolute Gasteiger partial charge is 0.319 e. The molecule has 4 rings (SSSR count). The number of fused-ring (bicyclic) bond motifs is 1. The van der Waals surface area contributed by atoms with Gasteiger partial charge in [0.25, 0.3) is 0 Å². The third-order valence-corrected chi connectivity index (χ3v) is 5.48. The lowest BCUT2D eigenvalue weighted by Crippen LogP contribution is -2.50. The average Bonchev–Trinajstić information content (AvgIpc) is 2.71. The molecule has 0 saturated carbocycles. The Bertz CT molecular complexity index is 945. The van der Waals surface area contributed by atoms with Crippen LogP contribution in [0.1, 0.15) is 11.1 Å². The van der Waals surface area contributed by atoms with E-state index in [0.717, 1.165) is 49.0 Å². The van der Waals surface area contributed by atoms with Gasteiger partial charge in [0, 0.05) is 43.4 Å². The molecule has 3 nitrogen and oxygen atoms in total. The highest BCUT2D eigenvalue weighted by Gasteiger charge is 2.18. The molecule has 27 heavy (non-hydrogen) atoms. The Morgan fingerprint density at radius 3 is 2.37 bits per heavy atom. The monoisotopic (exact) mass is 377 g/mol. The summed E-state index contributed by atoms with van der Waals surface area (Å²) in [6.07, 6.45) is 0. The van der Waals surface area contributed by atoms with Gasteiger partial charge in [0.15, 0.2) is 0 Å². The Morgan fingerprint density at radius 1 is 0.889 bits per heavy atom. The van der Waals surface area contributed by atoms with Gasteiger partial charge < -0.3 is 5.43 Å². The molecule has 0 unspecified atom stereocenters. The number of halogens is 1. The minimum absolute atomic E-state index is 0.850. The Morgan fingerprint density at radius 2 is 1.59 bits per heavy atom. The highest BCUT2D eigenvalue weighted by molar-refractivity contribution is 6.31. The van der Waals surface area contributed by atoms with Crippen LogP contribution in [0, 0.1) is 0 Å². The molecule has 1 aliphatic heterocycles. The number of hydrogen-bond donors (Lipinski definition) is 1.